The van der Waals surface area contributed by atoms with Gasteiger partial charge in [-0.2, -0.15) is 0 Å². The molecule has 3 rings (SSSR count). The van der Waals surface area contributed by atoms with E-state index in [1.54, 1.807) is 0 Å². The van der Waals surface area contributed by atoms with Crippen LogP contribution in [0.25, 0.3) is 0 Å². The Morgan fingerprint density at radius 2 is 1.88 bits per heavy atom. The summed E-state index contributed by atoms with van der Waals surface area (Å²) in [6.07, 6.45) is 14.2. The van der Waals surface area contributed by atoms with Crippen molar-refractivity contribution in [2.24, 2.45) is 11.8 Å². The lowest BCUT2D eigenvalue weighted by Crippen LogP contribution is -2.26. The monoisotopic (exact) mass is 215 g/mol. The van der Waals surface area contributed by atoms with Gasteiger partial charge in [0.15, 0.2) is 0 Å². The van der Waals surface area contributed by atoms with Crippen molar-refractivity contribution in [3.8, 4) is 0 Å². The molecule has 1 heteroatoms. The first-order valence-corrected chi connectivity index (χ1v) is 6.83. The fourth-order valence-corrected chi connectivity index (χ4v) is 3.79. The second-order valence-electron chi connectivity index (χ2n) is 5.60. The Morgan fingerprint density at radius 1 is 1.00 bits per heavy atom. The van der Waals surface area contributed by atoms with E-state index < -0.39 is 0 Å². The molecule has 16 heavy (non-hydrogen) atoms. The summed E-state index contributed by atoms with van der Waals surface area (Å²) in [6, 6.07) is 4.35. The van der Waals surface area contributed by atoms with Crippen LogP contribution in [-0.4, -0.2) is 4.98 Å². The second kappa shape index (κ2) is 4.57. The van der Waals surface area contributed by atoms with Gasteiger partial charge in [0.25, 0.3) is 0 Å². The summed E-state index contributed by atoms with van der Waals surface area (Å²) < 4.78 is 0. The number of rotatable bonds is 1. The summed E-state index contributed by atoms with van der Waals surface area (Å²) in [5, 5.41) is 0. The van der Waals surface area contributed by atoms with Crippen LogP contribution in [-0.2, 0) is 0 Å². The van der Waals surface area contributed by atoms with Crippen LogP contribution in [0.2, 0.25) is 0 Å². The standard InChI is InChI=1S/C15H21N/c1-2-5-13-10-14(8-7-12(13)4-1)15-6-3-9-16-11-15/h3,6,9,11-14H,1-2,4-5,7-8,10H2/t12-,13-,14?/m1/s1. The van der Waals surface area contributed by atoms with E-state index in [1.165, 1.54) is 50.5 Å². The summed E-state index contributed by atoms with van der Waals surface area (Å²) in [5.74, 6) is 2.88. The zero-order valence-electron chi connectivity index (χ0n) is 9.94. The minimum Gasteiger partial charge on any atom is -0.264 e. The molecule has 1 aromatic heterocycles. The van der Waals surface area contributed by atoms with Crippen molar-refractivity contribution in [1.82, 2.24) is 4.98 Å². The van der Waals surface area contributed by atoms with Crippen LogP contribution < -0.4 is 0 Å². The average molecular weight is 215 g/mol. The molecule has 1 unspecified atom stereocenters. The first kappa shape index (κ1) is 10.3. The number of nitrogens with zero attached hydrogens (tertiary/aromatic N) is 1. The highest BCUT2D eigenvalue weighted by Crippen LogP contribution is 2.45. The van der Waals surface area contributed by atoms with Crippen LogP contribution in [0.1, 0.15) is 56.4 Å². The Balaban J connectivity index is 1.71. The summed E-state index contributed by atoms with van der Waals surface area (Å²) >= 11 is 0. The summed E-state index contributed by atoms with van der Waals surface area (Å²) in [7, 11) is 0. The van der Waals surface area contributed by atoms with Crippen LogP contribution in [0.15, 0.2) is 24.5 Å². The van der Waals surface area contributed by atoms with E-state index >= 15 is 0 Å². The van der Waals surface area contributed by atoms with Gasteiger partial charge in [-0.15, -0.1) is 0 Å². The number of aromatic nitrogens is 1. The maximum atomic E-state index is 4.26. The van der Waals surface area contributed by atoms with Crippen molar-refractivity contribution in [1.29, 1.82) is 0 Å². The molecule has 0 saturated heterocycles. The summed E-state index contributed by atoms with van der Waals surface area (Å²) in [4.78, 5) is 4.26. The minimum atomic E-state index is 0.799. The Hall–Kier alpha value is -0.850. The van der Waals surface area contributed by atoms with E-state index in [1.807, 2.05) is 6.20 Å². The zero-order chi connectivity index (χ0) is 10.8. The zero-order valence-corrected chi connectivity index (χ0v) is 9.94. The number of hydrogen-bond donors (Lipinski definition) is 0. The molecule has 2 aliphatic rings. The fraction of sp³-hybridized carbons (Fsp3) is 0.667. The molecule has 1 aromatic rings. The van der Waals surface area contributed by atoms with Crippen molar-refractivity contribution in [3.63, 3.8) is 0 Å². The van der Waals surface area contributed by atoms with E-state index in [2.05, 4.69) is 23.3 Å². The van der Waals surface area contributed by atoms with Gasteiger partial charge in [-0.25, -0.2) is 0 Å². The first-order valence-electron chi connectivity index (χ1n) is 6.83. The summed E-state index contributed by atoms with van der Waals surface area (Å²) in [6.45, 7) is 0. The quantitative estimate of drug-likeness (QED) is 0.685. The third kappa shape index (κ3) is 2.00. The third-order valence-corrected chi connectivity index (χ3v) is 4.70. The highest BCUT2D eigenvalue weighted by molar-refractivity contribution is 5.15. The van der Waals surface area contributed by atoms with Gasteiger partial charge < -0.3 is 0 Å². The van der Waals surface area contributed by atoms with Gasteiger partial charge in [-0.3, -0.25) is 4.98 Å². The minimum absolute atomic E-state index is 0.799. The van der Waals surface area contributed by atoms with E-state index in [4.69, 9.17) is 0 Å². The molecule has 0 radical (unpaired) electrons. The predicted octanol–water partition coefficient (Wildman–Crippen LogP) is 4.16. The molecule has 3 atom stereocenters. The Bertz CT molecular complexity index is 333. The highest BCUT2D eigenvalue weighted by Gasteiger charge is 2.32. The molecular formula is C15H21N. The molecule has 2 saturated carbocycles. The van der Waals surface area contributed by atoms with E-state index in [9.17, 15) is 0 Å². The molecule has 0 aromatic carbocycles. The van der Waals surface area contributed by atoms with Gasteiger partial charge in [0.05, 0.1) is 0 Å². The largest absolute Gasteiger partial charge is 0.264 e. The van der Waals surface area contributed by atoms with Crippen molar-refractivity contribution >= 4 is 0 Å². The predicted molar refractivity (Wildman–Crippen MR) is 66.3 cm³/mol. The van der Waals surface area contributed by atoms with Gasteiger partial charge in [-0.1, -0.05) is 31.7 Å². The molecular weight excluding hydrogens is 194 g/mol. The number of pyridine rings is 1. The van der Waals surface area contributed by atoms with Gasteiger partial charge in [0.1, 0.15) is 0 Å². The van der Waals surface area contributed by atoms with Crippen LogP contribution in [0.3, 0.4) is 0 Å². The van der Waals surface area contributed by atoms with Crippen LogP contribution >= 0.6 is 0 Å². The third-order valence-electron chi connectivity index (χ3n) is 4.70. The molecule has 0 N–H and O–H groups in total. The molecule has 2 aliphatic carbocycles. The maximum Gasteiger partial charge on any atom is 0.0302 e. The van der Waals surface area contributed by atoms with Crippen molar-refractivity contribution < 1.29 is 0 Å². The molecule has 0 bridgehead atoms. The van der Waals surface area contributed by atoms with E-state index in [0.29, 0.717) is 0 Å². The lowest BCUT2D eigenvalue weighted by Gasteiger charge is -2.39. The van der Waals surface area contributed by atoms with Crippen molar-refractivity contribution in [2.45, 2.75) is 50.9 Å². The SMILES string of the molecule is c1cncc(C2CC[C@H]3CCCC[C@@H]3C2)c1. The van der Waals surface area contributed by atoms with Crippen LogP contribution in [0.5, 0.6) is 0 Å². The Kier molecular flexibility index (Phi) is 2.94. The van der Waals surface area contributed by atoms with Gasteiger partial charge in [0.2, 0.25) is 0 Å². The molecule has 1 heterocycles. The topological polar surface area (TPSA) is 12.9 Å². The lowest BCUT2D eigenvalue weighted by molar-refractivity contribution is 0.155. The average Bonchev–Trinajstić information content (AvgIpc) is 2.39. The molecule has 0 amide bonds. The van der Waals surface area contributed by atoms with E-state index in [-0.39, 0.29) is 0 Å². The molecule has 0 spiro atoms. The molecule has 2 fully saturated rings. The highest BCUT2D eigenvalue weighted by atomic mass is 14.6. The first-order chi connectivity index (χ1) is 7.93. The smallest absolute Gasteiger partial charge is 0.0302 e. The van der Waals surface area contributed by atoms with Gasteiger partial charge in [-0.05, 0) is 48.6 Å². The maximum absolute atomic E-state index is 4.26. The molecule has 86 valence electrons. The second-order valence-corrected chi connectivity index (χ2v) is 5.60. The van der Waals surface area contributed by atoms with E-state index in [0.717, 1.165) is 17.8 Å². The van der Waals surface area contributed by atoms with Gasteiger partial charge in [0, 0.05) is 12.4 Å². The molecule has 1 nitrogen and oxygen atoms in total. The van der Waals surface area contributed by atoms with Crippen LogP contribution in [0, 0.1) is 11.8 Å². The van der Waals surface area contributed by atoms with Crippen molar-refractivity contribution in [3.05, 3.63) is 30.1 Å². The normalized spacial score (nSPS) is 34.4. The van der Waals surface area contributed by atoms with Crippen molar-refractivity contribution in [2.75, 3.05) is 0 Å². The Labute approximate surface area is 98.3 Å². The molecule has 0 aliphatic heterocycles. The summed E-state index contributed by atoms with van der Waals surface area (Å²) in [5.41, 5.74) is 1.48. The number of hydrogen-bond acceptors (Lipinski definition) is 1. The van der Waals surface area contributed by atoms with Gasteiger partial charge >= 0.3 is 0 Å². The fourth-order valence-electron chi connectivity index (χ4n) is 3.79. The lowest BCUT2D eigenvalue weighted by atomic mass is 9.66. The van der Waals surface area contributed by atoms with Crippen LogP contribution in [0.4, 0.5) is 0 Å². The number of fused-ring (bicyclic) bond motifs is 1. The Morgan fingerprint density at radius 3 is 2.69 bits per heavy atom.